The van der Waals surface area contributed by atoms with Crippen LogP contribution in [0.3, 0.4) is 0 Å². The van der Waals surface area contributed by atoms with Crippen LogP contribution in [0.25, 0.3) is 0 Å². The fraction of sp³-hybridized carbons (Fsp3) is 0.952. The number of aliphatic hydroxyl groups excluding tert-OH is 1. The average molecular weight is 470 g/mol. The second kappa shape index (κ2) is 20.1. The Morgan fingerprint density at radius 1 is 0.935 bits per heavy atom. The third kappa shape index (κ3) is 21.1. The number of phosphoric ester groups is 1. The monoisotopic (exact) mass is 469 g/mol. The molecule has 2 unspecified atom stereocenters. The fourth-order valence-electron chi connectivity index (χ4n) is 2.75. The van der Waals surface area contributed by atoms with Gasteiger partial charge in [0.05, 0.1) is 13.2 Å². The maximum Gasteiger partial charge on any atom is 0.472 e. The summed E-state index contributed by atoms with van der Waals surface area (Å²) in [6.45, 7) is 3.39. The SMILES string of the molecule is CCN(C)CCOP(=O)(O)OCC(O)COC(=O)CCCCCCCCCCCOC. The molecule has 2 N–H and O–H groups in total. The summed E-state index contributed by atoms with van der Waals surface area (Å²) in [5.41, 5.74) is 0. The summed E-state index contributed by atoms with van der Waals surface area (Å²) >= 11 is 0. The zero-order chi connectivity index (χ0) is 23.4. The van der Waals surface area contributed by atoms with Gasteiger partial charge in [-0.1, -0.05) is 51.9 Å². The topological polar surface area (TPSA) is 115 Å². The molecule has 31 heavy (non-hydrogen) atoms. The van der Waals surface area contributed by atoms with E-state index in [1.807, 2.05) is 18.9 Å². The van der Waals surface area contributed by atoms with Gasteiger partial charge in [-0.3, -0.25) is 13.8 Å². The van der Waals surface area contributed by atoms with Gasteiger partial charge in [-0.15, -0.1) is 0 Å². The molecule has 0 aliphatic rings. The number of carbonyl (C=O) groups excluding carboxylic acids is 1. The Balaban J connectivity index is 3.61. The van der Waals surface area contributed by atoms with Crippen molar-refractivity contribution in [3.63, 3.8) is 0 Å². The van der Waals surface area contributed by atoms with E-state index < -0.39 is 20.5 Å². The van der Waals surface area contributed by atoms with Crippen LogP contribution in [0.1, 0.15) is 71.1 Å². The van der Waals surface area contributed by atoms with Crippen LogP contribution in [-0.2, 0) is 27.9 Å². The molecule has 0 spiro atoms. The van der Waals surface area contributed by atoms with E-state index in [1.54, 1.807) is 7.11 Å². The summed E-state index contributed by atoms with van der Waals surface area (Å²) in [6.07, 6.45) is 9.18. The number of esters is 1. The average Bonchev–Trinajstić information content (AvgIpc) is 2.74. The molecule has 0 aromatic rings. The van der Waals surface area contributed by atoms with Gasteiger partial charge in [0.15, 0.2) is 0 Å². The van der Waals surface area contributed by atoms with Crippen molar-refractivity contribution in [2.75, 3.05) is 53.7 Å². The highest BCUT2D eigenvalue weighted by Crippen LogP contribution is 2.42. The predicted molar refractivity (Wildman–Crippen MR) is 120 cm³/mol. The molecule has 9 nitrogen and oxygen atoms in total. The molecule has 0 rings (SSSR count). The van der Waals surface area contributed by atoms with E-state index >= 15 is 0 Å². The molecule has 0 bridgehead atoms. The van der Waals surface area contributed by atoms with Crippen molar-refractivity contribution in [2.45, 2.75) is 77.2 Å². The standard InChI is InChI=1S/C21H44NO8P/c1-4-22(2)15-17-29-31(25,26)30-19-20(23)18-28-21(24)14-12-10-8-6-5-7-9-11-13-16-27-3/h20,23H,4-19H2,1-3H3,(H,25,26). The minimum atomic E-state index is -4.23. The van der Waals surface area contributed by atoms with Gasteiger partial charge >= 0.3 is 13.8 Å². The first-order chi connectivity index (χ1) is 14.8. The van der Waals surface area contributed by atoms with Gasteiger partial charge in [0, 0.05) is 26.7 Å². The summed E-state index contributed by atoms with van der Waals surface area (Å²) in [5.74, 6) is -0.386. The Hall–Kier alpha value is -0.540. The van der Waals surface area contributed by atoms with Crippen LogP contribution in [0.5, 0.6) is 0 Å². The smallest absolute Gasteiger partial charge is 0.463 e. The first kappa shape index (κ1) is 30.5. The first-order valence-electron chi connectivity index (χ1n) is 11.4. The van der Waals surface area contributed by atoms with E-state index in [4.69, 9.17) is 18.5 Å². The maximum atomic E-state index is 11.7. The molecule has 0 aromatic carbocycles. The lowest BCUT2D eigenvalue weighted by Crippen LogP contribution is -2.24. The van der Waals surface area contributed by atoms with Gasteiger partial charge in [-0.05, 0) is 26.4 Å². The largest absolute Gasteiger partial charge is 0.472 e. The van der Waals surface area contributed by atoms with Crippen LogP contribution in [0, 0.1) is 0 Å². The number of carbonyl (C=O) groups is 1. The molecular formula is C21H44NO8P. The molecule has 0 aliphatic heterocycles. The van der Waals surface area contributed by atoms with Crippen molar-refractivity contribution in [3.8, 4) is 0 Å². The van der Waals surface area contributed by atoms with Crippen LogP contribution < -0.4 is 0 Å². The van der Waals surface area contributed by atoms with E-state index in [9.17, 15) is 19.4 Å². The quantitative estimate of drug-likeness (QED) is 0.140. The van der Waals surface area contributed by atoms with Crippen molar-refractivity contribution in [2.24, 2.45) is 0 Å². The van der Waals surface area contributed by atoms with Crippen LogP contribution in [0.4, 0.5) is 0 Å². The molecule has 2 atom stereocenters. The van der Waals surface area contributed by atoms with E-state index in [-0.39, 0.29) is 19.2 Å². The highest BCUT2D eigenvalue weighted by atomic mass is 31.2. The van der Waals surface area contributed by atoms with Crippen LogP contribution in [0.2, 0.25) is 0 Å². The Labute approximate surface area is 188 Å². The fourth-order valence-corrected chi connectivity index (χ4v) is 3.50. The summed E-state index contributed by atoms with van der Waals surface area (Å²) < 4.78 is 31.3. The maximum absolute atomic E-state index is 11.7. The number of likely N-dealkylation sites (N-methyl/N-ethyl adjacent to an activating group) is 1. The van der Waals surface area contributed by atoms with Gasteiger partial charge in [0.1, 0.15) is 12.7 Å². The molecular weight excluding hydrogens is 425 g/mol. The van der Waals surface area contributed by atoms with Crippen molar-refractivity contribution in [1.82, 2.24) is 4.90 Å². The number of aliphatic hydroxyl groups is 1. The Morgan fingerprint density at radius 2 is 1.52 bits per heavy atom. The van der Waals surface area contributed by atoms with Gasteiger partial charge in [0.25, 0.3) is 0 Å². The number of hydrogen-bond donors (Lipinski definition) is 2. The molecule has 0 heterocycles. The van der Waals surface area contributed by atoms with Crippen LogP contribution >= 0.6 is 7.82 Å². The van der Waals surface area contributed by atoms with Crippen LogP contribution in [-0.4, -0.2) is 80.6 Å². The van der Waals surface area contributed by atoms with Gasteiger partial charge in [0.2, 0.25) is 0 Å². The third-order valence-corrected chi connectivity index (χ3v) is 5.85. The normalized spacial score (nSPS) is 14.5. The second-order valence-corrected chi connectivity index (χ2v) is 9.21. The van der Waals surface area contributed by atoms with Crippen molar-refractivity contribution in [1.29, 1.82) is 0 Å². The Morgan fingerprint density at radius 3 is 2.10 bits per heavy atom. The predicted octanol–water partition coefficient (Wildman–Crippen LogP) is 3.52. The summed E-state index contributed by atoms with van der Waals surface area (Å²) in [6, 6.07) is 0. The Kier molecular flexibility index (Phi) is 19.7. The third-order valence-electron chi connectivity index (χ3n) is 4.86. The zero-order valence-electron chi connectivity index (χ0n) is 19.6. The lowest BCUT2D eigenvalue weighted by atomic mass is 10.1. The van der Waals surface area contributed by atoms with E-state index in [0.717, 1.165) is 38.8 Å². The van der Waals surface area contributed by atoms with Gasteiger partial charge < -0.3 is 24.4 Å². The lowest BCUT2D eigenvalue weighted by Gasteiger charge is -2.17. The number of rotatable bonds is 22. The molecule has 0 saturated heterocycles. The highest BCUT2D eigenvalue weighted by molar-refractivity contribution is 7.47. The number of phosphoric acid groups is 1. The number of unbranched alkanes of at least 4 members (excludes halogenated alkanes) is 8. The molecule has 186 valence electrons. The minimum absolute atomic E-state index is 0.0393. The zero-order valence-corrected chi connectivity index (χ0v) is 20.5. The minimum Gasteiger partial charge on any atom is -0.463 e. The molecule has 0 amide bonds. The number of methoxy groups -OCH3 is 1. The number of hydrogen-bond acceptors (Lipinski definition) is 8. The van der Waals surface area contributed by atoms with Crippen molar-refractivity contribution < 1.29 is 37.9 Å². The highest BCUT2D eigenvalue weighted by Gasteiger charge is 2.23. The van der Waals surface area contributed by atoms with E-state index in [0.29, 0.717) is 13.0 Å². The summed E-state index contributed by atoms with van der Waals surface area (Å²) in [4.78, 5) is 23.2. The Bertz CT molecular complexity index is 480. The van der Waals surface area contributed by atoms with Crippen molar-refractivity contribution in [3.05, 3.63) is 0 Å². The molecule has 0 aromatic heterocycles. The van der Waals surface area contributed by atoms with Crippen LogP contribution in [0.15, 0.2) is 0 Å². The summed E-state index contributed by atoms with van der Waals surface area (Å²) in [5, 5.41) is 9.77. The molecule has 0 radical (unpaired) electrons. The second-order valence-electron chi connectivity index (χ2n) is 7.76. The van der Waals surface area contributed by atoms with Crippen molar-refractivity contribution >= 4 is 13.8 Å². The summed E-state index contributed by atoms with van der Waals surface area (Å²) in [7, 11) is -0.646. The van der Waals surface area contributed by atoms with E-state index in [1.165, 1.54) is 32.1 Å². The first-order valence-corrected chi connectivity index (χ1v) is 12.9. The molecule has 10 heteroatoms. The molecule has 0 fully saturated rings. The lowest BCUT2D eigenvalue weighted by molar-refractivity contribution is -0.147. The molecule has 0 saturated carbocycles. The molecule has 0 aliphatic carbocycles. The number of ether oxygens (including phenoxy) is 2. The van der Waals surface area contributed by atoms with E-state index in [2.05, 4.69) is 0 Å². The van der Waals surface area contributed by atoms with Gasteiger partial charge in [-0.2, -0.15) is 0 Å². The number of nitrogens with zero attached hydrogens (tertiary/aromatic N) is 1. The van der Waals surface area contributed by atoms with Gasteiger partial charge in [-0.25, -0.2) is 4.57 Å².